The first kappa shape index (κ1) is 24.5. The Kier molecular flexibility index (Phi) is 7.18. The molecule has 5 heteroatoms. The molecule has 0 atom stereocenters. The molecule has 0 saturated heterocycles. The third-order valence-corrected chi connectivity index (χ3v) is 5.99. The van der Waals surface area contributed by atoms with Gasteiger partial charge in [0.05, 0.1) is 5.58 Å². The summed E-state index contributed by atoms with van der Waals surface area (Å²) in [5.74, 6) is 0. The molecular weight excluding hydrogens is 635 g/mol. The average Bonchev–Trinajstić information content (AvgIpc) is 3.34. The van der Waals surface area contributed by atoms with Crippen molar-refractivity contribution in [1.82, 2.24) is 15.0 Å². The number of nitrogens with zero attached hydrogens (tertiary/aromatic N) is 3. The zero-order valence-electron chi connectivity index (χ0n) is 20.0. The molecule has 4 aromatic heterocycles. The zero-order valence-corrected chi connectivity index (χ0v) is 22.4. The van der Waals surface area contributed by atoms with Crippen LogP contribution in [-0.4, -0.2) is 15.0 Å². The fourth-order valence-electron chi connectivity index (χ4n) is 4.22. The van der Waals surface area contributed by atoms with E-state index in [1.165, 1.54) is 0 Å². The van der Waals surface area contributed by atoms with Gasteiger partial charge in [0.15, 0.2) is 0 Å². The summed E-state index contributed by atoms with van der Waals surface area (Å²) in [4.78, 5) is 13.2. The summed E-state index contributed by atoms with van der Waals surface area (Å²) >= 11 is 0. The standard InChI is InChI=1S/C21H13N2O.C11H8N.Ir/c1-13-7-10-18(23-12-13)17-6-2-5-15-16-9-8-14-4-3-11-22-19(14)21(16)24-20(15)17;1-2-6-10(7-3-1)11-8-4-5-9-12-11;/h2-5,7-12H,1H3;1-6,8-9H;/q2*-1;. The minimum absolute atomic E-state index is 0. The Labute approximate surface area is 228 Å². The zero-order chi connectivity index (χ0) is 24.3. The van der Waals surface area contributed by atoms with Gasteiger partial charge in [-0.25, -0.2) is 0 Å². The fraction of sp³-hybridized carbons (Fsp3) is 0.0312. The largest absolute Gasteiger partial charge is 0.498 e. The summed E-state index contributed by atoms with van der Waals surface area (Å²) < 4.78 is 6.25. The summed E-state index contributed by atoms with van der Waals surface area (Å²) in [6.07, 6.45) is 5.45. The Morgan fingerprint density at radius 3 is 2.30 bits per heavy atom. The van der Waals surface area contributed by atoms with Crippen molar-refractivity contribution in [3.8, 4) is 22.5 Å². The first-order chi connectivity index (χ1) is 17.8. The normalized spacial score (nSPS) is 10.6. The minimum atomic E-state index is 0. The fourth-order valence-corrected chi connectivity index (χ4v) is 4.22. The number of hydrogen-bond acceptors (Lipinski definition) is 4. The van der Waals surface area contributed by atoms with Crippen LogP contribution < -0.4 is 0 Å². The van der Waals surface area contributed by atoms with Crippen molar-refractivity contribution in [3.05, 3.63) is 127 Å². The number of rotatable bonds is 2. The third kappa shape index (κ3) is 4.92. The summed E-state index contributed by atoms with van der Waals surface area (Å²) in [6, 6.07) is 36.3. The number of aromatic nitrogens is 3. The Morgan fingerprint density at radius 1 is 0.649 bits per heavy atom. The molecule has 0 saturated carbocycles. The van der Waals surface area contributed by atoms with Gasteiger partial charge in [0.2, 0.25) is 0 Å². The van der Waals surface area contributed by atoms with Crippen LogP contribution in [0.4, 0.5) is 0 Å². The van der Waals surface area contributed by atoms with Crippen LogP contribution in [0.2, 0.25) is 0 Å². The molecule has 3 aromatic carbocycles. The molecule has 0 aliphatic carbocycles. The van der Waals surface area contributed by atoms with Crippen LogP contribution in [0.3, 0.4) is 0 Å². The van der Waals surface area contributed by atoms with Crippen molar-refractivity contribution in [2.75, 3.05) is 0 Å². The number of benzene rings is 3. The second-order valence-corrected chi connectivity index (χ2v) is 8.43. The number of furan rings is 1. The van der Waals surface area contributed by atoms with Gasteiger partial charge in [-0.05, 0) is 36.0 Å². The molecule has 0 spiro atoms. The maximum atomic E-state index is 6.25. The Hall–Kier alpha value is -4.18. The molecule has 4 heterocycles. The molecule has 37 heavy (non-hydrogen) atoms. The molecule has 0 bridgehead atoms. The van der Waals surface area contributed by atoms with Gasteiger partial charge in [-0.15, -0.1) is 54.1 Å². The van der Waals surface area contributed by atoms with E-state index in [4.69, 9.17) is 4.42 Å². The van der Waals surface area contributed by atoms with E-state index in [1.807, 2.05) is 85.9 Å². The van der Waals surface area contributed by atoms with E-state index in [9.17, 15) is 0 Å². The summed E-state index contributed by atoms with van der Waals surface area (Å²) in [5, 5.41) is 3.20. The van der Waals surface area contributed by atoms with Gasteiger partial charge in [0.1, 0.15) is 11.1 Å². The Bertz CT molecular complexity index is 1740. The molecular formula is C32H21IrN3O-2. The van der Waals surface area contributed by atoms with Gasteiger partial charge in [0.25, 0.3) is 0 Å². The quantitative estimate of drug-likeness (QED) is 0.178. The van der Waals surface area contributed by atoms with Gasteiger partial charge >= 0.3 is 0 Å². The van der Waals surface area contributed by atoms with E-state index >= 15 is 0 Å². The van der Waals surface area contributed by atoms with Crippen molar-refractivity contribution >= 4 is 32.8 Å². The minimum Gasteiger partial charge on any atom is -0.498 e. The van der Waals surface area contributed by atoms with Crippen LogP contribution in [0, 0.1) is 19.1 Å². The van der Waals surface area contributed by atoms with Gasteiger partial charge in [-0.3, -0.25) is 4.98 Å². The van der Waals surface area contributed by atoms with Gasteiger partial charge in [-0.2, -0.15) is 0 Å². The molecule has 4 nitrogen and oxygen atoms in total. The first-order valence-corrected chi connectivity index (χ1v) is 11.7. The molecule has 0 fully saturated rings. The third-order valence-electron chi connectivity index (χ3n) is 5.99. The van der Waals surface area contributed by atoms with Crippen molar-refractivity contribution in [2.24, 2.45) is 0 Å². The monoisotopic (exact) mass is 656 g/mol. The number of hydrogen-bond donors (Lipinski definition) is 0. The van der Waals surface area contributed by atoms with Gasteiger partial charge in [0, 0.05) is 49.5 Å². The molecule has 7 rings (SSSR count). The second-order valence-electron chi connectivity index (χ2n) is 8.43. The summed E-state index contributed by atoms with van der Waals surface area (Å²) in [5.41, 5.74) is 7.39. The molecule has 181 valence electrons. The first-order valence-electron chi connectivity index (χ1n) is 11.7. The molecule has 1 radical (unpaired) electrons. The smallest absolute Gasteiger partial charge is 0.147 e. The van der Waals surface area contributed by atoms with E-state index in [2.05, 4.69) is 45.3 Å². The van der Waals surface area contributed by atoms with Crippen LogP contribution in [0.15, 0.2) is 114 Å². The predicted molar refractivity (Wildman–Crippen MR) is 144 cm³/mol. The summed E-state index contributed by atoms with van der Waals surface area (Å²) in [7, 11) is 0. The number of fused-ring (bicyclic) bond motifs is 5. The molecule has 0 aliphatic heterocycles. The molecule has 0 N–H and O–H groups in total. The summed E-state index contributed by atoms with van der Waals surface area (Å²) in [6.45, 7) is 2.03. The van der Waals surface area contributed by atoms with Crippen LogP contribution in [0.5, 0.6) is 0 Å². The predicted octanol–water partition coefficient (Wildman–Crippen LogP) is 7.85. The molecule has 0 unspecified atom stereocenters. The SMILES string of the molecule is Cc1ccc(-c2[c-]ccc3c2oc2c3ccc3cccnc32)nc1.[Ir].[c-]1ccccc1-c1ccccn1. The van der Waals surface area contributed by atoms with Crippen LogP contribution in [-0.2, 0) is 20.1 Å². The van der Waals surface area contributed by atoms with E-state index in [0.29, 0.717) is 0 Å². The van der Waals surface area contributed by atoms with E-state index in [0.717, 1.165) is 60.9 Å². The van der Waals surface area contributed by atoms with Crippen molar-refractivity contribution in [1.29, 1.82) is 0 Å². The van der Waals surface area contributed by atoms with Crippen LogP contribution in [0.1, 0.15) is 5.56 Å². The molecule has 0 aliphatic rings. The number of pyridine rings is 3. The average molecular weight is 656 g/mol. The molecule has 0 amide bonds. The maximum absolute atomic E-state index is 6.25. The Morgan fingerprint density at radius 2 is 1.51 bits per heavy atom. The van der Waals surface area contributed by atoms with E-state index < -0.39 is 0 Å². The van der Waals surface area contributed by atoms with E-state index in [-0.39, 0.29) is 20.1 Å². The topological polar surface area (TPSA) is 51.8 Å². The maximum Gasteiger partial charge on any atom is 0.147 e. The van der Waals surface area contributed by atoms with Gasteiger partial charge in [-0.1, -0.05) is 53.4 Å². The van der Waals surface area contributed by atoms with Crippen molar-refractivity contribution in [2.45, 2.75) is 6.92 Å². The Balaban J connectivity index is 0.000000183. The van der Waals surface area contributed by atoms with Crippen molar-refractivity contribution in [3.63, 3.8) is 0 Å². The van der Waals surface area contributed by atoms with E-state index in [1.54, 1.807) is 12.4 Å². The van der Waals surface area contributed by atoms with Gasteiger partial charge < -0.3 is 14.4 Å². The van der Waals surface area contributed by atoms with Crippen LogP contribution >= 0.6 is 0 Å². The number of aryl methyl sites for hydroxylation is 1. The van der Waals surface area contributed by atoms with Crippen molar-refractivity contribution < 1.29 is 24.5 Å². The van der Waals surface area contributed by atoms with Crippen LogP contribution in [0.25, 0.3) is 55.4 Å². The molecule has 7 aromatic rings. The second kappa shape index (κ2) is 10.8.